The average Bonchev–Trinajstić information content (AvgIpc) is 3.31. The molecule has 0 radical (unpaired) electrons. The normalized spacial score (nSPS) is 20.1. The first kappa shape index (κ1) is 29.1. The van der Waals surface area contributed by atoms with Crippen molar-refractivity contribution in [3.05, 3.63) is 130 Å². The van der Waals surface area contributed by atoms with E-state index in [4.69, 9.17) is 19.9 Å². The Kier molecular flexibility index (Phi) is 8.75. The number of hydrogen-bond donors (Lipinski definition) is 1. The van der Waals surface area contributed by atoms with E-state index in [1.807, 2.05) is 91.0 Å². The van der Waals surface area contributed by atoms with E-state index >= 15 is 0 Å². The van der Waals surface area contributed by atoms with Crippen LogP contribution in [0.3, 0.4) is 0 Å². The van der Waals surface area contributed by atoms with Gasteiger partial charge in [0.05, 0.1) is 10.00 Å². The zero-order valence-corrected chi connectivity index (χ0v) is 24.0. The number of benzene rings is 3. The van der Waals surface area contributed by atoms with E-state index in [0.717, 1.165) is 16.7 Å². The molecule has 0 spiro atoms. The fraction of sp³-hybridized carbons (Fsp3) is 0.250. The molecule has 4 atom stereocenters. The quantitative estimate of drug-likeness (QED) is 0.226. The molecule has 42 heavy (non-hydrogen) atoms. The zero-order valence-electron chi connectivity index (χ0n) is 23.2. The molecular formula is C32H31N3O6S. The van der Waals surface area contributed by atoms with Crippen molar-refractivity contribution < 1.29 is 23.8 Å². The molecule has 10 heteroatoms. The van der Waals surface area contributed by atoms with E-state index in [9.17, 15) is 14.4 Å². The van der Waals surface area contributed by atoms with Gasteiger partial charge in [0.1, 0.15) is 24.6 Å². The van der Waals surface area contributed by atoms with Gasteiger partial charge in [-0.3, -0.25) is 14.2 Å². The lowest BCUT2D eigenvalue weighted by Crippen LogP contribution is -2.41. The van der Waals surface area contributed by atoms with Crippen LogP contribution in [0, 0.1) is 0 Å². The van der Waals surface area contributed by atoms with Gasteiger partial charge in [-0.1, -0.05) is 91.0 Å². The molecule has 0 aliphatic carbocycles. The van der Waals surface area contributed by atoms with Gasteiger partial charge in [0.2, 0.25) is 0 Å². The number of nitrogens with zero attached hydrogens (tertiary/aromatic N) is 2. The maximum Gasteiger partial charge on any atom is 0.351 e. The lowest BCUT2D eigenvalue weighted by Gasteiger charge is -2.39. The minimum absolute atomic E-state index is 0.0682. The number of ether oxygens (including phenoxy) is 3. The van der Waals surface area contributed by atoms with Crippen LogP contribution in [0.4, 0.5) is 5.82 Å². The summed E-state index contributed by atoms with van der Waals surface area (Å²) in [5.74, 6) is -0.972. The van der Waals surface area contributed by atoms with E-state index in [1.165, 1.54) is 42.4 Å². The standard InChI is InChI=1S/C32H31N3O6S/c1-21(36)39-20-26-28(40-22(2)37)29(30(41-26)35-19-18-27(33)34-31(35)38)42-32(23-12-6-3-7-13-23,24-14-8-4-9-15-24)25-16-10-5-11-17-25/h3-19,26,28-30H,20H2,1-2H3,(H2,33,34,38)/t26-,28-,29-,30-/m1/s1. The maximum atomic E-state index is 13.1. The number of nitrogens with two attached hydrogens (primary N) is 1. The van der Waals surface area contributed by atoms with Gasteiger partial charge >= 0.3 is 17.6 Å². The molecule has 1 aliphatic rings. The number of carbonyl (C=O) groups excluding carboxylic acids is 2. The molecule has 5 rings (SSSR count). The van der Waals surface area contributed by atoms with Gasteiger partial charge in [0.25, 0.3) is 0 Å². The zero-order chi connectivity index (χ0) is 29.7. The SMILES string of the molecule is CC(=O)OC[C@H]1O[C@@H](n2ccc(N)nc2=O)[C@H](SC(c2ccccc2)(c2ccccc2)c2ccccc2)[C@@H]1OC(C)=O. The molecule has 1 aliphatic heterocycles. The molecule has 2 heterocycles. The van der Waals surface area contributed by atoms with Crippen LogP contribution in [-0.2, 0) is 28.5 Å². The topological polar surface area (TPSA) is 123 Å². The lowest BCUT2D eigenvalue weighted by molar-refractivity contribution is -0.155. The van der Waals surface area contributed by atoms with E-state index in [0.29, 0.717) is 0 Å². The first-order valence-electron chi connectivity index (χ1n) is 13.4. The van der Waals surface area contributed by atoms with E-state index < -0.39 is 46.1 Å². The summed E-state index contributed by atoms with van der Waals surface area (Å²) < 4.78 is 18.1. The molecule has 216 valence electrons. The third-order valence-electron chi connectivity index (χ3n) is 7.02. The van der Waals surface area contributed by atoms with E-state index in [2.05, 4.69) is 4.98 Å². The van der Waals surface area contributed by atoms with Crippen molar-refractivity contribution in [1.82, 2.24) is 9.55 Å². The first-order valence-corrected chi connectivity index (χ1v) is 14.3. The third-order valence-corrected chi connectivity index (χ3v) is 8.85. The molecule has 1 saturated heterocycles. The molecule has 0 bridgehead atoms. The van der Waals surface area contributed by atoms with Crippen LogP contribution in [0.2, 0.25) is 0 Å². The number of esters is 2. The Bertz CT molecular complexity index is 1490. The minimum Gasteiger partial charge on any atom is -0.463 e. The molecule has 0 saturated carbocycles. The Morgan fingerprint density at radius 3 is 1.86 bits per heavy atom. The Balaban J connectivity index is 1.74. The predicted octanol–water partition coefficient (Wildman–Crippen LogP) is 4.31. The van der Waals surface area contributed by atoms with Crippen LogP contribution in [0.15, 0.2) is 108 Å². The fourth-order valence-electron chi connectivity index (χ4n) is 5.27. The van der Waals surface area contributed by atoms with Gasteiger partial charge in [0.15, 0.2) is 6.23 Å². The van der Waals surface area contributed by atoms with Crippen LogP contribution in [0.25, 0.3) is 0 Å². The molecule has 9 nitrogen and oxygen atoms in total. The maximum absolute atomic E-state index is 13.1. The fourth-order valence-corrected chi connectivity index (χ4v) is 7.17. The van der Waals surface area contributed by atoms with Crippen molar-refractivity contribution in [3.63, 3.8) is 0 Å². The molecule has 2 N–H and O–H groups in total. The summed E-state index contributed by atoms with van der Waals surface area (Å²) in [6.45, 7) is 2.43. The number of anilines is 1. The number of thioether (sulfide) groups is 1. The Labute approximate surface area is 247 Å². The minimum atomic E-state index is -0.948. The number of rotatable bonds is 9. The summed E-state index contributed by atoms with van der Waals surface area (Å²) in [6, 6.07) is 31.5. The summed E-state index contributed by atoms with van der Waals surface area (Å²) in [6.07, 6.45) is -1.19. The summed E-state index contributed by atoms with van der Waals surface area (Å²) in [5, 5.41) is -0.668. The highest BCUT2D eigenvalue weighted by Gasteiger charge is 2.53. The predicted molar refractivity (Wildman–Crippen MR) is 160 cm³/mol. The van der Waals surface area contributed by atoms with E-state index in [-0.39, 0.29) is 12.4 Å². The van der Waals surface area contributed by atoms with Gasteiger partial charge in [-0.2, -0.15) is 4.98 Å². The highest BCUT2D eigenvalue weighted by Crippen LogP contribution is 2.55. The molecule has 3 aromatic carbocycles. The second-order valence-corrected chi connectivity index (χ2v) is 11.2. The van der Waals surface area contributed by atoms with Gasteiger partial charge in [-0.05, 0) is 22.8 Å². The second-order valence-electron chi connectivity index (χ2n) is 9.85. The molecule has 1 aromatic heterocycles. The molecule has 0 unspecified atom stereocenters. The van der Waals surface area contributed by atoms with Crippen molar-refractivity contribution in [2.75, 3.05) is 12.3 Å². The molecule has 4 aromatic rings. The molecule has 1 fully saturated rings. The highest BCUT2D eigenvalue weighted by atomic mass is 32.2. The summed E-state index contributed by atoms with van der Waals surface area (Å²) >= 11 is 1.50. The van der Waals surface area contributed by atoms with Crippen molar-refractivity contribution in [3.8, 4) is 0 Å². The van der Waals surface area contributed by atoms with Gasteiger partial charge in [0, 0.05) is 20.0 Å². The van der Waals surface area contributed by atoms with Crippen molar-refractivity contribution in [1.29, 1.82) is 0 Å². The van der Waals surface area contributed by atoms with Crippen LogP contribution in [-0.4, -0.2) is 45.6 Å². The van der Waals surface area contributed by atoms with Gasteiger partial charge in [-0.15, -0.1) is 11.8 Å². The van der Waals surface area contributed by atoms with Crippen LogP contribution >= 0.6 is 11.8 Å². The Hall–Kier alpha value is -4.41. The van der Waals surface area contributed by atoms with Crippen molar-refractivity contribution in [2.45, 2.75) is 42.3 Å². The molecular weight excluding hydrogens is 554 g/mol. The highest BCUT2D eigenvalue weighted by molar-refractivity contribution is 8.01. The first-order chi connectivity index (χ1) is 20.3. The van der Waals surface area contributed by atoms with Gasteiger partial charge in [-0.25, -0.2) is 4.79 Å². The number of aromatic nitrogens is 2. The Morgan fingerprint density at radius 1 is 0.881 bits per heavy atom. The van der Waals surface area contributed by atoms with Crippen molar-refractivity contribution in [2.24, 2.45) is 0 Å². The average molecular weight is 586 g/mol. The summed E-state index contributed by atoms with van der Waals surface area (Å²) in [7, 11) is 0. The number of carbonyl (C=O) groups is 2. The van der Waals surface area contributed by atoms with Crippen LogP contribution < -0.4 is 11.4 Å². The summed E-state index contributed by atoms with van der Waals surface area (Å²) in [5.41, 5.74) is 8.09. The van der Waals surface area contributed by atoms with Crippen molar-refractivity contribution >= 4 is 29.5 Å². The number of hydrogen-bond acceptors (Lipinski definition) is 9. The third kappa shape index (κ3) is 5.95. The second kappa shape index (κ2) is 12.6. The number of nitrogen functional groups attached to an aromatic ring is 1. The van der Waals surface area contributed by atoms with Crippen LogP contribution in [0.1, 0.15) is 36.8 Å². The smallest absolute Gasteiger partial charge is 0.351 e. The Morgan fingerprint density at radius 2 is 1.40 bits per heavy atom. The van der Waals surface area contributed by atoms with Crippen LogP contribution in [0.5, 0.6) is 0 Å². The van der Waals surface area contributed by atoms with Gasteiger partial charge < -0.3 is 19.9 Å². The molecule has 0 amide bonds. The summed E-state index contributed by atoms with van der Waals surface area (Å²) in [4.78, 5) is 41.3. The monoisotopic (exact) mass is 585 g/mol. The van der Waals surface area contributed by atoms with E-state index in [1.54, 1.807) is 0 Å². The lowest BCUT2D eigenvalue weighted by atomic mass is 9.84. The largest absolute Gasteiger partial charge is 0.463 e.